The van der Waals surface area contributed by atoms with Crippen molar-refractivity contribution in [1.82, 2.24) is 14.5 Å². The second-order valence-corrected chi connectivity index (χ2v) is 10.1. The van der Waals surface area contributed by atoms with Crippen LogP contribution in [0, 0.1) is 17.2 Å². The van der Waals surface area contributed by atoms with Crippen LogP contribution in [0.4, 0.5) is 0 Å². The predicted octanol–water partition coefficient (Wildman–Crippen LogP) is 1.61. The van der Waals surface area contributed by atoms with Gasteiger partial charge in [0.1, 0.15) is 17.9 Å². The molecule has 0 aliphatic carbocycles. The first-order valence-corrected chi connectivity index (χ1v) is 12.4. The monoisotopic (exact) mass is 484 g/mol. The third-order valence-corrected chi connectivity index (χ3v) is 7.49. The zero-order chi connectivity index (χ0) is 24.7. The molecule has 10 heteroatoms. The number of para-hydroxylation sites is 1. The minimum Gasteiger partial charge on any atom is -0.484 e. The van der Waals surface area contributed by atoms with Crippen LogP contribution in [0.3, 0.4) is 0 Å². The average molecular weight is 485 g/mol. The maximum Gasteiger partial charge on any atom is 0.258 e. The van der Waals surface area contributed by atoms with Gasteiger partial charge < -0.3 is 15.0 Å². The number of nitrogens with zero attached hydrogens (tertiary/aromatic N) is 3. The first-order valence-electron chi connectivity index (χ1n) is 11.0. The van der Waals surface area contributed by atoms with Crippen molar-refractivity contribution >= 4 is 21.8 Å². The van der Waals surface area contributed by atoms with Crippen molar-refractivity contribution in [3.8, 4) is 11.8 Å². The van der Waals surface area contributed by atoms with E-state index in [2.05, 4.69) is 5.32 Å². The van der Waals surface area contributed by atoms with E-state index in [1.54, 1.807) is 41.3 Å². The molecule has 1 fully saturated rings. The van der Waals surface area contributed by atoms with Crippen LogP contribution < -0.4 is 10.1 Å². The molecule has 1 N–H and O–H groups in total. The van der Waals surface area contributed by atoms with Gasteiger partial charge in [0.2, 0.25) is 15.9 Å². The van der Waals surface area contributed by atoms with Crippen LogP contribution >= 0.6 is 0 Å². The Morgan fingerprint density at radius 2 is 1.65 bits per heavy atom. The number of hydrogen-bond acceptors (Lipinski definition) is 6. The highest BCUT2D eigenvalue weighted by molar-refractivity contribution is 7.89. The van der Waals surface area contributed by atoms with E-state index in [4.69, 9.17) is 4.74 Å². The van der Waals surface area contributed by atoms with Gasteiger partial charge in [-0.05, 0) is 30.2 Å². The zero-order valence-electron chi connectivity index (χ0n) is 19.2. The van der Waals surface area contributed by atoms with Crippen LogP contribution in [-0.4, -0.2) is 68.3 Å². The van der Waals surface area contributed by atoms with E-state index < -0.39 is 22.0 Å². The smallest absolute Gasteiger partial charge is 0.258 e. The number of sulfonamides is 1. The average Bonchev–Trinajstić information content (AvgIpc) is 2.86. The third-order valence-electron chi connectivity index (χ3n) is 5.54. The van der Waals surface area contributed by atoms with Gasteiger partial charge in [-0.1, -0.05) is 44.2 Å². The van der Waals surface area contributed by atoms with E-state index in [-0.39, 0.29) is 55.1 Å². The van der Waals surface area contributed by atoms with E-state index in [1.807, 2.05) is 26.0 Å². The highest BCUT2D eigenvalue weighted by Gasteiger charge is 2.35. The number of amides is 2. The van der Waals surface area contributed by atoms with E-state index in [1.165, 1.54) is 16.4 Å². The van der Waals surface area contributed by atoms with Gasteiger partial charge in [-0.2, -0.15) is 9.57 Å². The largest absolute Gasteiger partial charge is 0.484 e. The number of carbonyl (C=O) groups excluding carboxylic acids is 2. The number of carbonyl (C=O) groups is 2. The molecule has 1 aliphatic heterocycles. The number of rotatable bonds is 8. The Balaban J connectivity index is 1.60. The van der Waals surface area contributed by atoms with Crippen molar-refractivity contribution in [2.75, 3.05) is 32.8 Å². The lowest BCUT2D eigenvalue weighted by Gasteiger charge is -2.36. The predicted molar refractivity (Wildman–Crippen MR) is 125 cm³/mol. The van der Waals surface area contributed by atoms with Crippen LogP contribution in [0.5, 0.6) is 5.75 Å². The molecule has 1 aliphatic rings. The highest BCUT2D eigenvalue weighted by Crippen LogP contribution is 2.21. The molecule has 34 heavy (non-hydrogen) atoms. The van der Waals surface area contributed by atoms with Gasteiger partial charge >= 0.3 is 0 Å². The van der Waals surface area contributed by atoms with Gasteiger partial charge in [-0.25, -0.2) is 8.42 Å². The fourth-order valence-electron chi connectivity index (χ4n) is 3.66. The quantitative estimate of drug-likeness (QED) is 0.608. The Morgan fingerprint density at radius 1 is 1.03 bits per heavy atom. The topological polar surface area (TPSA) is 120 Å². The normalized spacial score (nSPS) is 15.4. The van der Waals surface area contributed by atoms with Crippen LogP contribution in [0.25, 0.3) is 0 Å². The lowest BCUT2D eigenvalue weighted by atomic mass is 10.0. The van der Waals surface area contributed by atoms with Crippen LogP contribution in [-0.2, 0) is 19.6 Å². The number of ether oxygens (including phenoxy) is 1. The summed E-state index contributed by atoms with van der Waals surface area (Å²) in [5, 5.41) is 12.0. The van der Waals surface area contributed by atoms with E-state index in [0.717, 1.165) is 0 Å². The molecule has 9 nitrogen and oxygen atoms in total. The second kappa shape index (κ2) is 11.1. The number of nitrogens with one attached hydrogen (secondary N) is 1. The zero-order valence-corrected chi connectivity index (χ0v) is 20.0. The first kappa shape index (κ1) is 25.2. The summed E-state index contributed by atoms with van der Waals surface area (Å²) >= 11 is 0. The Bertz CT molecular complexity index is 1150. The Labute approximate surface area is 200 Å². The standard InChI is InChI=1S/C24H28N4O5S/c1-18(2)23(26-22(29)17-33-20-9-4-3-5-10-20)24(30)27-12-14-28(15-13-27)34(31,32)21-11-7-6-8-19(21)16-25/h3-11,18,23H,12-15,17H2,1-2H3,(H,26,29). The minimum atomic E-state index is -3.86. The molecular formula is C24H28N4O5S. The van der Waals surface area contributed by atoms with Gasteiger partial charge in [0.25, 0.3) is 5.91 Å². The summed E-state index contributed by atoms with van der Waals surface area (Å²) in [5.74, 6) is -0.291. The molecule has 0 aromatic heterocycles. The summed E-state index contributed by atoms with van der Waals surface area (Å²) in [5.41, 5.74) is 0.0845. The molecule has 1 atom stereocenters. The lowest BCUT2D eigenvalue weighted by Crippen LogP contribution is -2.57. The molecule has 3 rings (SSSR count). The van der Waals surface area contributed by atoms with E-state index >= 15 is 0 Å². The summed E-state index contributed by atoms with van der Waals surface area (Å²) < 4.78 is 32.8. The maximum absolute atomic E-state index is 13.1. The Kier molecular flexibility index (Phi) is 8.26. The Hall–Kier alpha value is -3.42. The molecule has 1 heterocycles. The second-order valence-electron chi connectivity index (χ2n) is 8.23. The molecule has 0 saturated carbocycles. The summed E-state index contributed by atoms with van der Waals surface area (Å²) in [6.45, 7) is 4.03. The fourth-order valence-corrected chi connectivity index (χ4v) is 5.23. The summed E-state index contributed by atoms with van der Waals surface area (Å²) in [6.07, 6.45) is 0. The summed E-state index contributed by atoms with van der Waals surface area (Å²) in [6, 6.07) is 16.1. The number of nitriles is 1. The number of hydrogen-bond donors (Lipinski definition) is 1. The molecular weight excluding hydrogens is 456 g/mol. The first-order chi connectivity index (χ1) is 16.2. The maximum atomic E-state index is 13.1. The van der Waals surface area contributed by atoms with Gasteiger partial charge in [-0.15, -0.1) is 0 Å². The SMILES string of the molecule is CC(C)C(NC(=O)COc1ccccc1)C(=O)N1CCN(S(=O)(=O)c2ccccc2C#N)CC1. The molecule has 0 spiro atoms. The molecule has 2 amide bonds. The molecule has 2 aromatic carbocycles. The van der Waals surface area contributed by atoms with E-state index in [9.17, 15) is 23.3 Å². The van der Waals surface area contributed by atoms with Crippen LogP contribution in [0.2, 0.25) is 0 Å². The summed E-state index contributed by atoms with van der Waals surface area (Å²) in [7, 11) is -3.86. The Morgan fingerprint density at radius 3 is 2.26 bits per heavy atom. The van der Waals surface area contributed by atoms with Crippen LogP contribution in [0.15, 0.2) is 59.5 Å². The van der Waals surface area contributed by atoms with Gasteiger partial charge in [0.15, 0.2) is 6.61 Å². The van der Waals surface area contributed by atoms with Crippen molar-refractivity contribution < 1.29 is 22.7 Å². The van der Waals surface area contributed by atoms with E-state index in [0.29, 0.717) is 5.75 Å². The van der Waals surface area contributed by atoms with Gasteiger partial charge in [-0.3, -0.25) is 9.59 Å². The number of piperazine rings is 1. The molecule has 2 aromatic rings. The summed E-state index contributed by atoms with van der Waals surface area (Å²) in [4.78, 5) is 27.1. The van der Waals surface area contributed by atoms with Crippen LogP contribution in [0.1, 0.15) is 19.4 Å². The molecule has 1 unspecified atom stereocenters. The van der Waals surface area contributed by atoms with Crippen molar-refractivity contribution in [2.45, 2.75) is 24.8 Å². The number of benzene rings is 2. The van der Waals surface area contributed by atoms with Gasteiger partial charge in [0, 0.05) is 26.2 Å². The molecule has 0 bridgehead atoms. The van der Waals surface area contributed by atoms with Crippen molar-refractivity contribution in [3.05, 3.63) is 60.2 Å². The highest BCUT2D eigenvalue weighted by atomic mass is 32.2. The van der Waals surface area contributed by atoms with Crippen molar-refractivity contribution in [1.29, 1.82) is 5.26 Å². The lowest BCUT2D eigenvalue weighted by molar-refractivity contribution is -0.139. The minimum absolute atomic E-state index is 0.0389. The molecule has 0 radical (unpaired) electrons. The fraction of sp³-hybridized carbons (Fsp3) is 0.375. The van der Waals surface area contributed by atoms with Gasteiger partial charge in [0.05, 0.1) is 10.5 Å². The van der Waals surface area contributed by atoms with Crippen molar-refractivity contribution in [3.63, 3.8) is 0 Å². The molecule has 1 saturated heterocycles. The van der Waals surface area contributed by atoms with Crippen molar-refractivity contribution in [2.24, 2.45) is 5.92 Å². The third kappa shape index (κ3) is 5.92. The molecule has 180 valence electrons.